The molecule has 2 rings (SSSR count). The summed E-state index contributed by atoms with van der Waals surface area (Å²) in [4.78, 5) is 0. The monoisotopic (exact) mass is 251 g/mol. The third-order valence-electron chi connectivity index (χ3n) is 3.18. The number of benzene rings is 2. The Bertz CT molecular complexity index is 554. The van der Waals surface area contributed by atoms with Crippen LogP contribution in [0.15, 0.2) is 48.5 Å². The van der Waals surface area contributed by atoms with E-state index in [1.54, 1.807) is 0 Å². The summed E-state index contributed by atoms with van der Waals surface area (Å²) in [6, 6.07) is 16.6. The highest BCUT2D eigenvalue weighted by atomic mass is 14.5. The zero-order valence-electron chi connectivity index (χ0n) is 11.9. The Morgan fingerprint density at radius 1 is 0.737 bits per heavy atom. The number of hydrogen-bond acceptors (Lipinski definition) is 1. The van der Waals surface area contributed by atoms with Crippen molar-refractivity contribution in [2.75, 3.05) is 5.73 Å². The van der Waals surface area contributed by atoms with Gasteiger partial charge < -0.3 is 5.73 Å². The van der Waals surface area contributed by atoms with Gasteiger partial charge in [-0.05, 0) is 34.2 Å². The fraction of sp³-hybridized carbons (Fsp3) is 0.222. The van der Waals surface area contributed by atoms with Gasteiger partial charge in [0.15, 0.2) is 0 Å². The molecule has 0 aliphatic rings. The second-order valence-electron chi connectivity index (χ2n) is 5.87. The van der Waals surface area contributed by atoms with Crippen molar-refractivity contribution in [1.29, 1.82) is 0 Å². The number of nitrogen functional groups attached to an aromatic ring is 1. The first-order chi connectivity index (χ1) is 8.95. The Balaban J connectivity index is 2.13. The van der Waals surface area contributed by atoms with Crippen LogP contribution in [0.2, 0.25) is 0 Å². The number of anilines is 1. The quantitative estimate of drug-likeness (QED) is 0.605. The van der Waals surface area contributed by atoms with Crippen LogP contribution in [0.5, 0.6) is 0 Å². The van der Waals surface area contributed by atoms with Gasteiger partial charge in [-0.25, -0.2) is 0 Å². The molecule has 0 heterocycles. The van der Waals surface area contributed by atoms with E-state index in [-0.39, 0.29) is 5.41 Å². The van der Waals surface area contributed by atoms with Crippen molar-refractivity contribution in [3.8, 4) is 0 Å². The lowest BCUT2D eigenvalue weighted by atomic mass is 9.87. The fourth-order valence-corrected chi connectivity index (χ4v) is 1.89. The van der Waals surface area contributed by atoms with E-state index in [4.69, 9.17) is 5.73 Å². The summed E-state index contributed by atoms with van der Waals surface area (Å²) < 4.78 is 0. The first-order valence-electron chi connectivity index (χ1n) is 6.59. The zero-order chi connectivity index (χ0) is 13.9. The maximum Gasteiger partial charge on any atom is 0.0314 e. The minimum absolute atomic E-state index is 0.208. The molecule has 0 aromatic heterocycles. The second kappa shape index (κ2) is 5.31. The van der Waals surface area contributed by atoms with Gasteiger partial charge in [0.25, 0.3) is 0 Å². The molecule has 0 bridgehead atoms. The molecule has 1 nitrogen and oxygen atoms in total. The summed E-state index contributed by atoms with van der Waals surface area (Å²) in [5.74, 6) is 0. The van der Waals surface area contributed by atoms with Gasteiger partial charge in [0.05, 0.1) is 0 Å². The molecule has 2 aromatic carbocycles. The van der Waals surface area contributed by atoms with E-state index in [2.05, 4.69) is 57.2 Å². The van der Waals surface area contributed by atoms with Gasteiger partial charge >= 0.3 is 0 Å². The Morgan fingerprint density at radius 2 is 1.16 bits per heavy atom. The molecule has 2 N–H and O–H groups in total. The second-order valence-corrected chi connectivity index (χ2v) is 5.87. The number of nitrogens with two attached hydrogens (primary N) is 1. The van der Waals surface area contributed by atoms with Crippen LogP contribution in [0.25, 0.3) is 12.2 Å². The van der Waals surface area contributed by atoms with Crippen molar-refractivity contribution in [1.82, 2.24) is 0 Å². The minimum Gasteiger partial charge on any atom is -0.399 e. The highest BCUT2D eigenvalue weighted by molar-refractivity contribution is 5.70. The SMILES string of the molecule is CC(C)(C)c1ccc(C=Cc2ccc(N)cc2)cc1. The molecule has 0 amide bonds. The third-order valence-corrected chi connectivity index (χ3v) is 3.18. The number of rotatable bonds is 2. The summed E-state index contributed by atoms with van der Waals surface area (Å²) in [6.07, 6.45) is 4.23. The first-order valence-corrected chi connectivity index (χ1v) is 6.59. The lowest BCUT2D eigenvalue weighted by molar-refractivity contribution is 0.590. The van der Waals surface area contributed by atoms with Crippen molar-refractivity contribution in [3.63, 3.8) is 0 Å². The summed E-state index contributed by atoms with van der Waals surface area (Å²) in [5, 5.41) is 0. The topological polar surface area (TPSA) is 26.0 Å². The molecule has 98 valence electrons. The number of hydrogen-bond donors (Lipinski definition) is 1. The molecule has 19 heavy (non-hydrogen) atoms. The van der Waals surface area contributed by atoms with Crippen molar-refractivity contribution in [2.45, 2.75) is 26.2 Å². The maximum absolute atomic E-state index is 5.67. The Hall–Kier alpha value is -2.02. The van der Waals surface area contributed by atoms with Gasteiger partial charge in [0.2, 0.25) is 0 Å². The van der Waals surface area contributed by atoms with E-state index in [0.717, 1.165) is 11.3 Å². The standard InChI is InChI=1S/C18H21N/c1-18(2,3)16-10-6-14(7-11-16)4-5-15-8-12-17(19)13-9-15/h4-13H,19H2,1-3H3. The minimum atomic E-state index is 0.208. The average Bonchev–Trinajstić information content (AvgIpc) is 2.37. The smallest absolute Gasteiger partial charge is 0.0314 e. The van der Waals surface area contributed by atoms with Crippen LogP contribution in [0.1, 0.15) is 37.5 Å². The van der Waals surface area contributed by atoms with E-state index in [0.29, 0.717) is 0 Å². The van der Waals surface area contributed by atoms with Gasteiger partial charge in [-0.2, -0.15) is 0 Å². The Morgan fingerprint density at radius 3 is 1.58 bits per heavy atom. The van der Waals surface area contributed by atoms with Crippen LogP contribution < -0.4 is 5.73 Å². The lowest BCUT2D eigenvalue weighted by Crippen LogP contribution is -2.10. The van der Waals surface area contributed by atoms with Gasteiger partial charge in [0, 0.05) is 5.69 Å². The molecule has 2 aromatic rings. The van der Waals surface area contributed by atoms with E-state index in [1.807, 2.05) is 24.3 Å². The molecule has 0 aliphatic carbocycles. The molecule has 0 atom stereocenters. The molecule has 0 unspecified atom stereocenters. The third kappa shape index (κ3) is 3.72. The molecule has 0 fully saturated rings. The van der Waals surface area contributed by atoms with Crippen LogP contribution in [0.4, 0.5) is 5.69 Å². The van der Waals surface area contributed by atoms with Crippen LogP contribution >= 0.6 is 0 Å². The van der Waals surface area contributed by atoms with Crippen molar-refractivity contribution < 1.29 is 0 Å². The molecular weight excluding hydrogens is 230 g/mol. The van der Waals surface area contributed by atoms with Crippen LogP contribution in [0, 0.1) is 0 Å². The molecule has 0 saturated heterocycles. The normalized spacial score (nSPS) is 11.9. The molecule has 0 saturated carbocycles. The van der Waals surface area contributed by atoms with Crippen LogP contribution in [-0.2, 0) is 5.41 Å². The van der Waals surface area contributed by atoms with Gasteiger partial charge in [-0.15, -0.1) is 0 Å². The van der Waals surface area contributed by atoms with Crippen LogP contribution in [-0.4, -0.2) is 0 Å². The lowest BCUT2D eigenvalue weighted by Gasteiger charge is -2.18. The largest absolute Gasteiger partial charge is 0.399 e. The molecule has 1 heteroatoms. The zero-order valence-corrected chi connectivity index (χ0v) is 11.9. The van der Waals surface area contributed by atoms with Gasteiger partial charge in [0.1, 0.15) is 0 Å². The van der Waals surface area contributed by atoms with E-state index in [1.165, 1.54) is 11.1 Å². The van der Waals surface area contributed by atoms with Gasteiger partial charge in [-0.1, -0.05) is 69.3 Å². The van der Waals surface area contributed by atoms with E-state index in [9.17, 15) is 0 Å². The Labute approximate surface area is 115 Å². The summed E-state index contributed by atoms with van der Waals surface area (Å²) in [6.45, 7) is 6.69. The van der Waals surface area contributed by atoms with E-state index >= 15 is 0 Å². The van der Waals surface area contributed by atoms with Crippen molar-refractivity contribution in [2.24, 2.45) is 0 Å². The summed E-state index contributed by atoms with van der Waals surface area (Å²) in [7, 11) is 0. The molecule has 0 spiro atoms. The highest BCUT2D eigenvalue weighted by Crippen LogP contribution is 2.22. The van der Waals surface area contributed by atoms with Gasteiger partial charge in [-0.3, -0.25) is 0 Å². The predicted molar refractivity (Wildman–Crippen MR) is 84.9 cm³/mol. The fourth-order valence-electron chi connectivity index (χ4n) is 1.89. The van der Waals surface area contributed by atoms with Crippen molar-refractivity contribution >= 4 is 17.8 Å². The summed E-state index contributed by atoms with van der Waals surface area (Å²) >= 11 is 0. The van der Waals surface area contributed by atoms with Crippen molar-refractivity contribution in [3.05, 3.63) is 65.2 Å². The summed E-state index contributed by atoms with van der Waals surface area (Å²) in [5.41, 5.74) is 10.4. The average molecular weight is 251 g/mol. The highest BCUT2D eigenvalue weighted by Gasteiger charge is 2.12. The molecule has 0 radical (unpaired) electrons. The Kier molecular flexibility index (Phi) is 3.75. The molecular formula is C18H21N. The predicted octanol–water partition coefficient (Wildman–Crippen LogP) is 4.74. The van der Waals surface area contributed by atoms with E-state index < -0.39 is 0 Å². The maximum atomic E-state index is 5.67. The van der Waals surface area contributed by atoms with Crippen LogP contribution in [0.3, 0.4) is 0 Å². The first kappa shape index (κ1) is 13.4. The molecule has 0 aliphatic heterocycles.